The molecular weight excluding hydrogens is 744 g/mol. The van der Waals surface area contributed by atoms with E-state index in [0.717, 1.165) is 78.0 Å². The molecule has 14 nitrogen and oxygen atoms in total. The summed E-state index contributed by atoms with van der Waals surface area (Å²) in [6, 6.07) is 7.06. The fourth-order valence-corrected chi connectivity index (χ4v) is 6.41. The minimum atomic E-state index is -1.00. The van der Waals surface area contributed by atoms with E-state index in [1.807, 2.05) is 64.1 Å². The van der Waals surface area contributed by atoms with Gasteiger partial charge in [-0.1, -0.05) is 25.3 Å². The number of aromatic amines is 2. The first-order valence-electron chi connectivity index (χ1n) is 17.4. The van der Waals surface area contributed by atoms with Crippen molar-refractivity contribution in [3.8, 4) is 0 Å². The number of H-pyrrole nitrogens is 2. The summed E-state index contributed by atoms with van der Waals surface area (Å²) >= 11 is 0. The molecule has 3 aromatic heterocycles. The number of fused-ring (bicyclic) bond motifs is 8. The number of nitrogens with one attached hydrogen (secondary N) is 2. The van der Waals surface area contributed by atoms with Crippen molar-refractivity contribution in [1.82, 2.24) is 19.9 Å². The Morgan fingerprint density at radius 1 is 0.782 bits per heavy atom. The van der Waals surface area contributed by atoms with Crippen molar-refractivity contribution in [3.05, 3.63) is 88.5 Å². The standard InChI is InChI=1S/C34H34N4O4.C6H14N4O2.Fe/c1-7-21-17(3)25-13-26-19(5)23(9-11-33(39)40)31(37-26)16-32-24(10-12-34(41)42)20(6)28(38-32)15-30-22(8-2)18(4)27(36-30)14-29(21)35-25;7-4(5(11)12)2-1-3-10-6(8)9;/h7-8,13-16,36,38H,1-2,9-12H2,3-6H3,(H,39,40)(H,41,42);4H,1-3,7H2,(H,11,12)(H4,8,9,10);/q;;+2/t;4-;/m.0./s1. The zero-order valence-corrected chi connectivity index (χ0v) is 32.5. The summed E-state index contributed by atoms with van der Waals surface area (Å²) in [6.07, 6.45) is 5.18. The van der Waals surface area contributed by atoms with Crippen LogP contribution in [0.1, 0.15) is 91.0 Å². The van der Waals surface area contributed by atoms with E-state index in [0.29, 0.717) is 43.6 Å². The van der Waals surface area contributed by atoms with Gasteiger partial charge in [0.05, 0.1) is 22.8 Å². The molecule has 5 heterocycles. The van der Waals surface area contributed by atoms with E-state index in [1.165, 1.54) is 0 Å². The Kier molecular flexibility index (Phi) is 15.1. The Morgan fingerprint density at radius 3 is 1.96 bits per heavy atom. The third-order valence-corrected chi connectivity index (χ3v) is 9.51. The Balaban J connectivity index is 0.000000541. The van der Waals surface area contributed by atoms with Gasteiger partial charge in [-0.25, -0.2) is 9.97 Å². The summed E-state index contributed by atoms with van der Waals surface area (Å²) in [5, 5.41) is 27.3. The number of carbonyl (C=O) groups is 3. The van der Waals surface area contributed by atoms with Gasteiger partial charge in [0, 0.05) is 52.6 Å². The fraction of sp³-hybridized carbons (Fsp3) is 0.300. The number of nitrogens with zero attached hydrogens (tertiary/aromatic N) is 3. The Labute approximate surface area is 329 Å². The number of guanidine groups is 1. The molecule has 0 saturated heterocycles. The van der Waals surface area contributed by atoms with Crippen molar-refractivity contribution in [1.29, 1.82) is 0 Å². The number of nitrogens with two attached hydrogens (primary N) is 3. The molecule has 1 atom stereocenters. The molecule has 0 unspecified atom stereocenters. The van der Waals surface area contributed by atoms with Crippen LogP contribution in [0.5, 0.6) is 0 Å². The second kappa shape index (κ2) is 19.0. The van der Waals surface area contributed by atoms with Gasteiger partial charge in [0.25, 0.3) is 0 Å². The Hall–Kier alpha value is -5.76. The quantitative estimate of drug-likeness (QED) is 0.0434. The molecule has 0 aliphatic carbocycles. The second-order valence-electron chi connectivity index (χ2n) is 13.1. The minimum absolute atomic E-state index is 0. The van der Waals surface area contributed by atoms with E-state index in [1.54, 1.807) is 0 Å². The van der Waals surface area contributed by atoms with Gasteiger partial charge in [-0.2, -0.15) is 0 Å². The molecule has 3 aromatic rings. The summed E-state index contributed by atoms with van der Waals surface area (Å²) in [7, 11) is 0. The summed E-state index contributed by atoms with van der Waals surface area (Å²) < 4.78 is 0. The molecule has 15 heteroatoms. The molecule has 290 valence electrons. The van der Waals surface area contributed by atoms with Crippen molar-refractivity contribution in [2.24, 2.45) is 22.2 Å². The molecule has 0 radical (unpaired) electrons. The van der Waals surface area contributed by atoms with Gasteiger partial charge >= 0.3 is 35.0 Å². The van der Waals surface area contributed by atoms with Crippen LogP contribution in [0.15, 0.2) is 48.5 Å². The molecule has 0 aromatic carbocycles. The number of hydrogen-bond acceptors (Lipinski definition) is 7. The van der Waals surface area contributed by atoms with E-state index in [9.17, 15) is 24.6 Å². The van der Waals surface area contributed by atoms with Crippen LogP contribution in [0, 0.1) is 13.8 Å². The Bertz CT molecular complexity index is 2280. The molecule has 11 N–H and O–H groups in total. The SMILES string of the molecule is C=CC1=C(C)c2cc3nc(cc4[nH]c(cc5[nH]c(cc1n2)c(C)c5C=C)c(C)c4CCC(=O)O)C(CCC(=O)O)=C3C.NC(N)=NCCC[C@H](N)C(=O)O.[Fe+2]. The van der Waals surface area contributed by atoms with Gasteiger partial charge in [0.15, 0.2) is 5.96 Å². The second-order valence-corrected chi connectivity index (χ2v) is 13.1. The first kappa shape index (κ1) is 43.6. The van der Waals surface area contributed by atoms with Gasteiger partial charge < -0.3 is 42.5 Å². The maximum atomic E-state index is 11.5. The van der Waals surface area contributed by atoms with E-state index in [-0.39, 0.29) is 35.9 Å². The molecule has 5 rings (SSSR count). The molecule has 0 fully saturated rings. The smallest absolute Gasteiger partial charge is 0.481 e. The molecule has 0 spiro atoms. The van der Waals surface area contributed by atoms with Crippen molar-refractivity contribution in [2.45, 2.75) is 72.3 Å². The Morgan fingerprint density at radius 2 is 1.36 bits per heavy atom. The van der Waals surface area contributed by atoms with Crippen LogP contribution in [0.4, 0.5) is 0 Å². The number of aliphatic carboxylic acids is 3. The van der Waals surface area contributed by atoms with E-state index in [2.05, 4.69) is 28.1 Å². The molecule has 8 bridgehead atoms. The summed E-state index contributed by atoms with van der Waals surface area (Å²) in [4.78, 5) is 53.9. The largest absolute Gasteiger partial charge is 2.00 e. The van der Waals surface area contributed by atoms with E-state index < -0.39 is 23.9 Å². The van der Waals surface area contributed by atoms with Crippen molar-refractivity contribution < 1.29 is 46.8 Å². The van der Waals surface area contributed by atoms with Gasteiger partial charge in [-0.05, 0) is 111 Å². The molecule has 0 amide bonds. The normalized spacial score (nSPS) is 12.6. The van der Waals surface area contributed by atoms with E-state index in [4.69, 9.17) is 32.3 Å². The summed E-state index contributed by atoms with van der Waals surface area (Å²) in [5.41, 5.74) is 29.0. The molecule has 0 saturated carbocycles. The van der Waals surface area contributed by atoms with Crippen LogP contribution in [0.25, 0.3) is 50.4 Å². The van der Waals surface area contributed by atoms with E-state index >= 15 is 0 Å². The number of aliphatic imine (C=N–C) groups is 1. The predicted octanol–water partition coefficient (Wildman–Crippen LogP) is 5.95. The minimum Gasteiger partial charge on any atom is -0.481 e. The number of aryl methyl sites for hydroxylation is 3. The van der Waals surface area contributed by atoms with Crippen LogP contribution in [-0.2, 0) is 37.9 Å². The predicted molar refractivity (Wildman–Crippen MR) is 214 cm³/mol. The third-order valence-electron chi connectivity index (χ3n) is 9.51. The fourth-order valence-electron chi connectivity index (χ4n) is 6.41. The third kappa shape index (κ3) is 10.5. The molecular formula is C40H48FeN8O6+2. The van der Waals surface area contributed by atoms with Gasteiger partial charge in [0.2, 0.25) is 0 Å². The maximum Gasteiger partial charge on any atom is 2.00 e. The number of hydrogen-bond donors (Lipinski definition) is 8. The van der Waals surface area contributed by atoms with Gasteiger partial charge in [0.1, 0.15) is 6.04 Å². The monoisotopic (exact) mass is 792 g/mol. The maximum absolute atomic E-state index is 11.5. The van der Waals surface area contributed by atoms with Crippen molar-refractivity contribution in [3.63, 3.8) is 0 Å². The van der Waals surface area contributed by atoms with Crippen LogP contribution in [0.3, 0.4) is 0 Å². The van der Waals surface area contributed by atoms with Gasteiger partial charge in [-0.3, -0.25) is 19.4 Å². The van der Waals surface area contributed by atoms with Gasteiger partial charge in [-0.15, -0.1) is 0 Å². The molecule has 2 aliphatic heterocycles. The summed E-state index contributed by atoms with van der Waals surface area (Å²) in [5.74, 6) is -2.75. The first-order valence-corrected chi connectivity index (χ1v) is 17.4. The number of allylic oxidation sites excluding steroid dienone is 5. The molecule has 2 aliphatic rings. The summed E-state index contributed by atoms with van der Waals surface area (Å²) in [6.45, 7) is 16.5. The van der Waals surface area contributed by atoms with Crippen LogP contribution in [-0.4, -0.2) is 71.7 Å². The van der Waals surface area contributed by atoms with Crippen LogP contribution in [0.2, 0.25) is 0 Å². The zero-order valence-electron chi connectivity index (χ0n) is 31.4. The molecule has 55 heavy (non-hydrogen) atoms. The topological polar surface area (TPSA) is 260 Å². The average molecular weight is 793 g/mol. The number of aromatic nitrogens is 4. The zero-order chi connectivity index (χ0) is 39.9. The number of rotatable bonds is 13. The van der Waals surface area contributed by atoms with Crippen molar-refractivity contribution in [2.75, 3.05) is 6.54 Å². The average Bonchev–Trinajstić information content (AvgIpc) is 3.77. The van der Waals surface area contributed by atoms with Crippen LogP contribution < -0.4 is 17.2 Å². The van der Waals surface area contributed by atoms with Crippen LogP contribution >= 0.6 is 0 Å². The first-order chi connectivity index (χ1) is 25.6. The van der Waals surface area contributed by atoms with Crippen molar-refractivity contribution >= 4 is 74.3 Å². The number of carboxylic acid groups (broad SMARTS) is 3. The number of carboxylic acids is 3.